The molecule has 0 saturated carbocycles. The standard InChI is InChI=1S/C10H18N2O/c1-7(13)8-6-12(5)11-9(8)10(2,3)4/h6-7,13H,1-5H3. The second-order valence-electron chi connectivity index (χ2n) is 4.53. The summed E-state index contributed by atoms with van der Waals surface area (Å²) in [6.45, 7) is 8.07. The minimum absolute atomic E-state index is 0.00637. The Kier molecular flexibility index (Phi) is 2.48. The van der Waals surface area contributed by atoms with Crippen molar-refractivity contribution in [2.75, 3.05) is 0 Å². The van der Waals surface area contributed by atoms with Crippen LogP contribution in [0.3, 0.4) is 0 Å². The average Bonchev–Trinajstić information content (AvgIpc) is 2.29. The summed E-state index contributed by atoms with van der Waals surface area (Å²) < 4.78 is 1.75. The Hall–Kier alpha value is -0.830. The van der Waals surface area contributed by atoms with Crippen LogP contribution in [0.4, 0.5) is 0 Å². The summed E-state index contributed by atoms with van der Waals surface area (Å²) >= 11 is 0. The molecule has 1 rings (SSSR count). The molecule has 74 valence electrons. The molecule has 0 aliphatic carbocycles. The van der Waals surface area contributed by atoms with E-state index in [2.05, 4.69) is 25.9 Å². The summed E-state index contributed by atoms with van der Waals surface area (Å²) in [6, 6.07) is 0. The molecule has 0 aliphatic rings. The zero-order chi connectivity index (χ0) is 10.2. The van der Waals surface area contributed by atoms with E-state index in [0.29, 0.717) is 0 Å². The Bertz CT molecular complexity index is 294. The van der Waals surface area contributed by atoms with Gasteiger partial charge in [-0.15, -0.1) is 0 Å². The molecule has 1 aromatic heterocycles. The highest BCUT2D eigenvalue weighted by Gasteiger charge is 2.23. The molecule has 0 bridgehead atoms. The third-order valence-corrected chi connectivity index (χ3v) is 2.02. The van der Waals surface area contributed by atoms with Gasteiger partial charge >= 0.3 is 0 Å². The van der Waals surface area contributed by atoms with Crippen molar-refractivity contribution in [2.24, 2.45) is 7.05 Å². The van der Waals surface area contributed by atoms with Gasteiger partial charge in [-0.05, 0) is 6.92 Å². The van der Waals surface area contributed by atoms with Crippen LogP contribution in [0.2, 0.25) is 0 Å². The topological polar surface area (TPSA) is 38.0 Å². The largest absolute Gasteiger partial charge is 0.389 e. The molecule has 0 aliphatic heterocycles. The molecular formula is C10H18N2O. The summed E-state index contributed by atoms with van der Waals surface area (Å²) in [5, 5.41) is 13.9. The molecule has 0 saturated heterocycles. The number of nitrogens with zero attached hydrogens (tertiary/aromatic N) is 2. The third kappa shape index (κ3) is 2.10. The summed E-state index contributed by atoms with van der Waals surface area (Å²) in [5.41, 5.74) is 1.90. The SMILES string of the molecule is CC(O)c1cn(C)nc1C(C)(C)C. The van der Waals surface area contributed by atoms with Crippen molar-refractivity contribution in [3.63, 3.8) is 0 Å². The maximum Gasteiger partial charge on any atom is 0.0795 e. The van der Waals surface area contributed by atoms with Gasteiger partial charge in [0.15, 0.2) is 0 Å². The number of rotatable bonds is 1. The summed E-state index contributed by atoms with van der Waals surface area (Å²) in [6.07, 6.45) is 1.44. The maximum atomic E-state index is 9.53. The van der Waals surface area contributed by atoms with Crippen LogP contribution >= 0.6 is 0 Å². The molecule has 0 spiro atoms. The molecule has 1 unspecified atom stereocenters. The molecule has 0 fully saturated rings. The fraction of sp³-hybridized carbons (Fsp3) is 0.700. The second kappa shape index (κ2) is 3.14. The number of aromatic nitrogens is 2. The first kappa shape index (κ1) is 10.3. The summed E-state index contributed by atoms with van der Waals surface area (Å²) in [7, 11) is 1.88. The molecular weight excluding hydrogens is 164 g/mol. The van der Waals surface area contributed by atoms with Gasteiger partial charge in [0.2, 0.25) is 0 Å². The van der Waals surface area contributed by atoms with Crippen LogP contribution in [0.25, 0.3) is 0 Å². The van der Waals surface area contributed by atoms with Crippen molar-refractivity contribution in [1.82, 2.24) is 9.78 Å². The lowest BCUT2D eigenvalue weighted by molar-refractivity contribution is 0.196. The van der Waals surface area contributed by atoms with E-state index in [1.54, 1.807) is 11.6 Å². The lowest BCUT2D eigenvalue weighted by Gasteiger charge is -2.18. The van der Waals surface area contributed by atoms with Crippen molar-refractivity contribution in [2.45, 2.75) is 39.2 Å². The Morgan fingerprint density at radius 2 is 2.00 bits per heavy atom. The van der Waals surface area contributed by atoms with E-state index in [1.807, 2.05) is 13.2 Å². The van der Waals surface area contributed by atoms with E-state index in [-0.39, 0.29) is 5.41 Å². The van der Waals surface area contributed by atoms with Gasteiger partial charge in [0.1, 0.15) is 0 Å². The van der Waals surface area contributed by atoms with Crippen molar-refractivity contribution in [3.8, 4) is 0 Å². The lowest BCUT2D eigenvalue weighted by Crippen LogP contribution is -2.15. The van der Waals surface area contributed by atoms with Gasteiger partial charge in [-0.25, -0.2) is 0 Å². The third-order valence-electron chi connectivity index (χ3n) is 2.02. The van der Waals surface area contributed by atoms with Crippen LogP contribution in [-0.2, 0) is 12.5 Å². The van der Waals surface area contributed by atoms with Gasteiger partial charge in [0.05, 0.1) is 11.8 Å². The quantitative estimate of drug-likeness (QED) is 0.718. The van der Waals surface area contributed by atoms with E-state index < -0.39 is 6.10 Å². The predicted octanol–water partition coefficient (Wildman–Crippen LogP) is 1.77. The minimum Gasteiger partial charge on any atom is -0.389 e. The van der Waals surface area contributed by atoms with Crippen LogP contribution in [0, 0.1) is 0 Å². The molecule has 0 aromatic carbocycles. The van der Waals surface area contributed by atoms with Gasteiger partial charge in [-0.3, -0.25) is 4.68 Å². The zero-order valence-electron chi connectivity index (χ0n) is 9.00. The van der Waals surface area contributed by atoms with Crippen LogP contribution in [0.1, 0.15) is 45.1 Å². The first-order valence-corrected chi connectivity index (χ1v) is 4.54. The molecule has 0 amide bonds. The molecule has 1 heterocycles. The molecule has 1 aromatic rings. The minimum atomic E-state index is -0.442. The van der Waals surface area contributed by atoms with Crippen molar-refractivity contribution < 1.29 is 5.11 Å². The monoisotopic (exact) mass is 182 g/mol. The van der Waals surface area contributed by atoms with Crippen LogP contribution in [0.15, 0.2) is 6.20 Å². The summed E-state index contributed by atoms with van der Waals surface area (Å²) in [4.78, 5) is 0. The Morgan fingerprint density at radius 3 is 2.31 bits per heavy atom. The molecule has 3 heteroatoms. The van der Waals surface area contributed by atoms with Crippen molar-refractivity contribution in [3.05, 3.63) is 17.5 Å². The Balaban J connectivity index is 3.20. The number of aliphatic hydroxyl groups excluding tert-OH is 1. The molecule has 0 radical (unpaired) electrons. The Labute approximate surface area is 79.4 Å². The maximum absolute atomic E-state index is 9.53. The fourth-order valence-corrected chi connectivity index (χ4v) is 1.40. The van der Waals surface area contributed by atoms with E-state index in [9.17, 15) is 5.11 Å². The number of aryl methyl sites for hydroxylation is 1. The van der Waals surface area contributed by atoms with Crippen LogP contribution < -0.4 is 0 Å². The van der Waals surface area contributed by atoms with E-state index >= 15 is 0 Å². The number of hydrogen-bond donors (Lipinski definition) is 1. The first-order valence-electron chi connectivity index (χ1n) is 4.54. The molecule has 1 atom stereocenters. The van der Waals surface area contributed by atoms with Crippen LogP contribution in [-0.4, -0.2) is 14.9 Å². The van der Waals surface area contributed by atoms with E-state index in [1.165, 1.54) is 0 Å². The molecule has 13 heavy (non-hydrogen) atoms. The van der Waals surface area contributed by atoms with Crippen LogP contribution in [0.5, 0.6) is 0 Å². The molecule has 3 nitrogen and oxygen atoms in total. The number of hydrogen-bond acceptors (Lipinski definition) is 2. The Morgan fingerprint density at radius 1 is 1.46 bits per heavy atom. The second-order valence-corrected chi connectivity index (χ2v) is 4.53. The van der Waals surface area contributed by atoms with Gasteiger partial charge < -0.3 is 5.11 Å². The van der Waals surface area contributed by atoms with Gasteiger partial charge in [-0.2, -0.15) is 5.10 Å². The first-order chi connectivity index (χ1) is 5.82. The lowest BCUT2D eigenvalue weighted by atomic mass is 9.88. The van der Waals surface area contributed by atoms with Crippen molar-refractivity contribution in [1.29, 1.82) is 0 Å². The fourth-order valence-electron chi connectivity index (χ4n) is 1.40. The smallest absolute Gasteiger partial charge is 0.0795 e. The van der Waals surface area contributed by atoms with Crippen molar-refractivity contribution >= 4 is 0 Å². The van der Waals surface area contributed by atoms with Gasteiger partial charge in [-0.1, -0.05) is 20.8 Å². The normalized spacial score (nSPS) is 14.6. The van der Waals surface area contributed by atoms with E-state index in [4.69, 9.17) is 0 Å². The highest BCUT2D eigenvalue weighted by molar-refractivity contribution is 5.25. The van der Waals surface area contributed by atoms with Gasteiger partial charge in [0.25, 0.3) is 0 Å². The van der Waals surface area contributed by atoms with E-state index in [0.717, 1.165) is 11.3 Å². The van der Waals surface area contributed by atoms with Gasteiger partial charge in [0, 0.05) is 24.2 Å². The average molecular weight is 182 g/mol. The predicted molar refractivity (Wildman–Crippen MR) is 52.5 cm³/mol. The zero-order valence-corrected chi connectivity index (χ0v) is 9.00. The highest BCUT2D eigenvalue weighted by atomic mass is 16.3. The summed E-state index contributed by atoms with van der Waals surface area (Å²) in [5.74, 6) is 0. The highest BCUT2D eigenvalue weighted by Crippen LogP contribution is 2.27. The molecule has 1 N–H and O–H groups in total. The number of aliphatic hydroxyl groups is 1.